The summed E-state index contributed by atoms with van der Waals surface area (Å²) in [6.45, 7) is 6.52. The van der Waals surface area contributed by atoms with Gasteiger partial charge in [-0.3, -0.25) is 14.4 Å². The highest BCUT2D eigenvalue weighted by atomic mass is 16.6. The highest BCUT2D eigenvalue weighted by molar-refractivity contribution is 5.71. The van der Waals surface area contributed by atoms with Crippen molar-refractivity contribution in [2.75, 3.05) is 13.2 Å². The Morgan fingerprint density at radius 2 is 0.500 bits per heavy atom. The second-order valence-electron chi connectivity index (χ2n) is 21.7. The molecule has 0 fully saturated rings. The van der Waals surface area contributed by atoms with Crippen LogP contribution in [0, 0.1) is 0 Å². The molecule has 0 aliphatic heterocycles. The molecule has 0 saturated carbocycles. The first kappa shape index (κ1) is 74.1. The second-order valence-corrected chi connectivity index (χ2v) is 21.7. The van der Waals surface area contributed by atoms with E-state index in [1.807, 2.05) is 0 Å². The standard InChI is InChI=1S/C72H122O6/c1-4-7-10-13-16-19-22-24-26-28-29-30-31-32-33-34-35-36-37-38-39-40-41-42-43-45-46-48-50-53-56-59-62-65-71(74)77-68-69(67-76-70(73)64-61-58-55-52-21-18-15-12-9-6-3)78-72(75)66-63-60-57-54-51-49-47-44-27-25-23-20-17-14-11-8-5-2/h7,10,16,19,24,26,29-30,32-33,35-36,38-39,41-42,45-46,69H,4-6,8-9,11-15,17-18,20-23,25,27-28,31,34,37,40,43-44,47-68H2,1-3H3/b10-7-,19-16-,26-24-,30-29-,33-32-,36-35-,39-38-,42-41-,46-45-. The van der Waals surface area contributed by atoms with E-state index in [1.54, 1.807) is 0 Å². The van der Waals surface area contributed by atoms with Crippen LogP contribution < -0.4 is 0 Å². The summed E-state index contributed by atoms with van der Waals surface area (Å²) >= 11 is 0. The molecule has 446 valence electrons. The summed E-state index contributed by atoms with van der Waals surface area (Å²) in [4.78, 5) is 38.2. The molecule has 0 saturated heterocycles. The topological polar surface area (TPSA) is 78.9 Å². The molecular formula is C72H122O6. The van der Waals surface area contributed by atoms with Gasteiger partial charge in [0.1, 0.15) is 13.2 Å². The lowest BCUT2D eigenvalue weighted by atomic mass is 10.0. The van der Waals surface area contributed by atoms with Crippen molar-refractivity contribution in [2.24, 2.45) is 0 Å². The third-order valence-electron chi connectivity index (χ3n) is 14.0. The number of hydrogen-bond acceptors (Lipinski definition) is 6. The minimum Gasteiger partial charge on any atom is -0.462 e. The van der Waals surface area contributed by atoms with Crippen molar-refractivity contribution < 1.29 is 28.6 Å². The van der Waals surface area contributed by atoms with Gasteiger partial charge in [-0.15, -0.1) is 0 Å². The Kier molecular flexibility index (Phi) is 62.3. The average molecular weight is 1080 g/mol. The second kappa shape index (κ2) is 65.6. The summed E-state index contributed by atoms with van der Waals surface area (Å²) in [5, 5.41) is 0. The Labute approximate surface area is 482 Å². The number of carbonyl (C=O) groups is 3. The number of rotatable bonds is 59. The van der Waals surface area contributed by atoms with E-state index >= 15 is 0 Å². The van der Waals surface area contributed by atoms with Gasteiger partial charge in [0.15, 0.2) is 6.10 Å². The third-order valence-corrected chi connectivity index (χ3v) is 14.0. The maximum absolute atomic E-state index is 12.9. The first-order valence-electron chi connectivity index (χ1n) is 32.9. The molecule has 6 nitrogen and oxygen atoms in total. The zero-order chi connectivity index (χ0) is 56.4. The monoisotopic (exact) mass is 1080 g/mol. The van der Waals surface area contributed by atoms with Crippen molar-refractivity contribution in [3.63, 3.8) is 0 Å². The van der Waals surface area contributed by atoms with Crippen LogP contribution in [0.4, 0.5) is 0 Å². The summed E-state index contributed by atoms with van der Waals surface area (Å²) in [5.41, 5.74) is 0. The molecule has 0 rings (SSSR count). The van der Waals surface area contributed by atoms with Crippen LogP contribution in [0.5, 0.6) is 0 Å². The third kappa shape index (κ3) is 62.9. The van der Waals surface area contributed by atoms with Crippen molar-refractivity contribution in [1.82, 2.24) is 0 Å². The van der Waals surface area contributed by atoms with Gasteiger partial charge in [-0.1, -0.05) is 310 Å². The van der Waals surface area contributed by atoms with Crippen molar-refractivity contribution in [1.29, 1.82) is 0 Å². The van der Waals surface area contributed by atoms with E-state index in [-0.39, 0.29) is 31.1 Å². The summed E-state index contributed by atoms with van der Waals surface area (Å²) in [6, 6.07) is 0. The Bertz CT molecular complexity index is 1570. The predicted molar refractivity (Wildman–Crippen MR) is 339 cm³/mol. The molecule has 6 heteroatoms. The number of ether oxygens (including phenoxy) is 3. The molecule has 0 heterocycles. The van der Waals surface area contributed by atoms with Crippen LogP contribution in [0.25, 0.3) is 0 Å². The molecule has 78 heavy (non-hydrogen) atoms. The van der Waals surface area contributed by atoms with Crippen LogP contribution in [-0.2, 0) is 28.6 Å². The van der Waals surface area contributed by atoms with Gasteiger partial charge < -0.3 is 14.2 Å². The van der Waals surface area contributed by atoms with E-state index in [1.165, 1.54) is 135 Å². The Morgan fingerprint density at radius 1 is 0.269 bits per heavy atom. The number of esters is 3. The van der Waals surface area contributed by atoms with E-state index in [0.717, 1.165) is 135 Å². The molecular weight excluding hydrogens is 961 g/mol. The lowest BCUT2D eigenvalue weighted by Gasteiger charge is -2.18. The Morgan fingerprint density at radius 3 is 0.782 bits per heavy atom. The van der Waals surface area contributed by atoms with Gasteiger partial charge in [0, 0.05) is 19.3 Å². The smallest absolute Gasteiger partial charge is 0.306 e. The summed E-state index contributed by atoms with van der Waals surface area (Å²) in [6.07, 6.45) is 89.6. The van der Waals surface area contributed by atoms with Gasteiger partial charge >= 0.3 is 17.9 Å². The van der Waals surface area contributed by atoms with Gasteiger partial charge in [-0.25, -0.2) is 0 Å². The molecule has 0 radical (unpaired) electrons. The minimum absolute atomic E-state index is 0.0803. The molecule has 0 N–H and O–H groups in total. The lowest BCUT2D eigenvalue weighted by Crippen LogP contribution is -2.30. The quantitative estimate of drug-likeness (QED) is 0.0261. The van der Waals surface area contributed by atoms with Crippen molar-refractivity contribution in [2.45, 2.75) is 316 Å². The zero-order valence-electron chi connectivity index (χ0n) is 51.2. The maximum atomic E-state index is 12.9. The molecule has 0 aromatic carbocycles. The van der Waals surface area contributed by atoms with Crippen LogP contribution in [0.15, 0.2) is 109 Å². The fourth-order valence-corrected chi connectivity index (χ4v) is 9.14. The van der Waals surface area contributed by atoms with Gasteiger partial charge in [-0.2, -0.15) is 0 Å². The first-order chi connectivity index (χ1) is 38.5. The molecule has 1 unspecified atom stereocenters. The largest absolute Gasteiger partial charge is 0.462 e. The first-order valence-corrected chi connectivity index (χ1v) is 32.9. The fraction of sp³-hybridized carbons (Fsp3) is 0.708. The lowest BCUT2D eigenvalue weighted by molar-refractivity contribution is -0.167. The van der Waals surface area contributed by atoms with E-state index in [9.17, 15) is 14.4 Å². The van der Waals surface area contributed by atoms with Crippen molar-refractivity contribution in [3.8, 4) is 0 Å². The highest BCUT2D eigenvalue weighted by Gasteiger charge is 2.19. The number of unbranched alkanes of at least 4 members (excludes halogenated alkanes) is 30. The molecule has 0 amide bonds. The van der Waals surface area contributed by atoms with Crippen molar-refractivity contribution >= 4 is 17.9 Å². The fourth-order valence-electron chi connectivity index (χ4n) is 9.14. The van der Waals surface area contributed by atoms with Crippen LogP contribution in [0.1, 0.15) is 310 Å². The Balaban J connectivity index is 4.25. The average Bonchev–Trinajstić information content (AvgIpc) is 3.44. The summed E-state index contributed by atoms with van der Waals surface area (Å²) < 4.78 is 16.9. The van der Waals surface area contributed by atoms with Gasteiger partial charge in [0.2, 0.25) is 0 Å². The minimum atomic E-state index is -0.783. The van der Waals surface area contributed by atoms with Gasteiger partial charge in [0.25, 0.3) is 0 Å². The highest BCUT2D eigenvalue weighted by Crippen LogP contribution is 2.16. The molecule has 0 bridgehead atoms. The van der Waals surface area contributed by atoms with E-state index < -0.39 is 6.10 Å². The van der Waals surface area contributed by atoms with Gasteiger partial charge in [-0.05, 0) is 89.9 Å². The summed E-state index contributed by atoms with van der Waals surface area (Å²) in [5.74, 6) is -0.891. The van der Waals surface area contributed by atoms with Crippen molar-refractivity contribution in [3.05, 3.63) is 109 Å². The summed E-state index contributed by atoms with van der Waals surface area (Å²) in [7, 11) is 0. The van der Waals surface area contributed by atoms with Gasteiger partial charge in [0.05, 0.1) is 0 Å². The molecule has 0 aliphatic carbocycles. The maximum Gasteiger partial charge on any atom is 0.306 e. The van der Waals surface area contributed by atoms with Crippen LogP contribution in [0.2, 0.25) is 0 Å². The number of allylic oxidation sites excluding steroid dienone is 18. The van der Waals surface area contributed by atoms with Crippen LogP contribution in [-0.4, -0.2) is 37.2 Å². The normalized spacial score (nSPS) is 12.8. The van der Waals surface area contributed by atoms with Crippen LogP contribution in [0.3, 0.4) is 0 Å². The number of carbonyl (C=O) groups excluding carboxylic acids is 3. The van der Waals surface area contributed by atoms with E-state index in [4.69, 9.17) is 14.2 Å². The molecule has 0 aromatic heterocycles. The predicted octanol–water partition coefficient (Wildman–Crippen LogP) is 22.6. The molecule has 1 atom stereocenters. The van der Waals surface area contributed by atoms with E-state index in [2.05, 4.69) is 130 Å². The zero-order valence-corrected chi connectivity index (χ0v) is 51.2. The molecule has 0 aromatic rings. The SMILES string of the molecule is CC/C=C\C/C=C\C/C=C\C/C=C\C/C=C\C/C=C\C/C=C\C/C=C\C/C=C\CCCCCCCC(=O)OCC(COC(=O)CCCCCCCCCCCC)OC(=O)CCCCCCCCCCCCCCCCCCC. The van der Waals surface area contributed by atoms with E-state index in [0.29, 0.717) is 19.3 Å². The molecule has 0 aliphatic rings. The van der Waals surface area contributed by atoms with Crippen LogP contribution >= 0.6 is 0 Å². The molecule has 0 spiro atoms. The Hall–Kier alpha value is -3.93. The number of hydrogen-bond donors (Lipinski definition) is 0.